The van der Waals surface area contributed by atoms with Crippen LogP contribution in [0.4, 0.5) is 0 Å². The molecular formula is C8H13N2+. The van der Waals surface area contributed by atoms with Gasteiger partial charge in [-0.15, -0.1) is 0 Å². The highest BCUT2D eigenvalue weighted by Gasteiger charge is 2.01. The van der Waals surface area contributed by atoms with Crippen molar-refractivity contribution in [1.29, 1.82) is 0 Å². The molecule has 54 valence electrons. The van der Waals surface area contributed by atoms with Gasteiger partial charge in [0.2, 0.25) is 0 Å². The van der Waals surface area contributed by atoms with E-state index < -0.39 is 0 Å². The van der Waals surface area contributed by atoms with Crippen molar-refractivity contribution >= 4 is 0 Å². The molecule has 2 nitrogen and oxygen atoms in total. The van der Waals surface area contributed by atoms with E-state index in [2.05, 4.69) is 18.0 Å². The van der Waals surface area contributed by atoms with Crippen LogP contribution in [0.5, 0.6) is 0 Å². The van der Waals surface area contributed by atoms with Gasteiger partial charge >= 0.3 is 0 Å². The van der Waals surface area contributed by atoms with Crippen molar-refractivity contribution in [1.82, 2.24) is 4.98 Å². The van der Waals surface area contributed by atoms with E-state index in [9.17, 15) is 0 Å². The van der Waals surface area contributed by atoms with Crippen LogP contribution in [0.25, 0.3) is 0 Å². The van der Waals surface area contributed by atoms with Crippen molar-refractivity contribution in [2.75, 3.05) is 0 Å². The molecule has 0 aliphatic carbocycles. The van der Waals surface area contributed by atoms with E-state index >= 15 is 0 Å². The lowest BCUT2D eigenvalue weighted by Gasteiger charge is -1.96. The normalized spacial score (nSPS) is 9.90. The molecule has 0 amide bonds. The van der Waals surface area contributed by atoms with Gasteiger partial charge in [0.15, 0.2) is 5.69 Å². The molecule has 1 aromatic heterocycles. The van der Waals surface area contributed by atoms with Gasteiger partial charge in [0.1, 0.15) is 5.69 Å². The van der Waals surface area contributed by atoms with Crippen molar-refractivity contribution in [3.05, 3.63) is 23.8 Å². The van der Waals surface area contributed by atoms with Gasteiger partial charge in [0, 0.05) is 19.4 Å². The zero-order valence-corrected chi connectivity index (χ0v) is 6.76. The number of hydrogen-bond acceptors (Lipinski definition) is 1. The van der Waals surface area contributed by atoms with E-state index in [-0.39, 0.29) is 0 Å². The quantitative estimate of drug-likeness (QED) is 0.523. The van der Waals surface area contributed by atoms with Crippen molar-refractivity contribution < 1.29 is 4.57 Å². The molecule has 1 heterocycles. The Bertz CT molecular complexity index is 231. The zero-order valence-electron chi connectivity index (χ0n) is 6.76. The lowest BCUT2D eigenvalue weighted by Crippen LogP contribution is -2.33. The lowest BCUT2D eigenvalue weighted by molar-refractivity contribution is -0.682. The highest BCUT2D eigenvalue weighted by molar-refractivity contribution is 5.00. The van der Waals surface area contributed by atoms with Gasteiger partial charge in [-0.3, -0.25) is 0 Å². The van der Waals surface area contributed by atoms with Gasteiger partial charge in [0.05, 0.1) is 7.05 Å². The first-order valence-electron chi connectivity index (χ1n) is 3.55. The molecule has 0 aliphatic rings. The molecule has 10 heavy (non-hydrogen) atoms. The van der Waals surface area contributed by atoms with E-state index in [0.717, 1.165) is 12.1 Å². The fraction of sp³-hybridized carbons (Fsp3) is 0.500. The molecule has 1 aromatic rings. The van der Waals surface area contributed by atoms with Crippen LogP contribution < -0.4 is 4.57 Å². The van der Waals surface area contributed by atoms with Crippen LogP contribution >= 0.6 is 0 Å². The Kier molecular flexibility index (Phi) is 2.00. The van der Waals surface area contributed by atoms with Crippen LogP contribution in [-0.4, -0.2) is 4.98 Å². The summed E-state index contributed by atoms with van der Waals surface area (Å²) in [5.74, 6) is 0. The second-order valence-corrected chi connectivity index (χ2v) is 2.49. The third kappa shape index (κ3) is 1.32. The van der Waals surface area contributed by atoms with E-state index in [1.807, 2.05) is 24.9 Å². The average molecular weight is 137 g/mol. The molecule has 0 aromatic carbocycles. The van der Waals surface area contributed by atoms with E-state index in [4.69, 9.17) is 0 Å². The number of aryl methyl sites for hydroxylation is 3. The number of hydrogen-bond donors (Lipinski definition) is 0. The van der Waals surface area contributed by atoms with Crippen molar-refractivity contribution in [2.24, 2.45) is 7.05 Å². The Morgan fingerprint density at radius 2 is 2.30 bits per heavy atom. The second kappa shape index (κ2) is 2.78. The predicted octanol–water partition coefficient (Wildman–Crippen LogP) is 0.777. The maximum absolute atomic E-state index is 4.15. The van der Waals surface area contributed by atoms with Crippen LogP contribution in [0.3, 0.4) is 0 Å². The van der Waals surface area contributed by atoms with Crippen LogP contribution in [0.2, 0.25) is 0 Å². The summed E-state index contributed by atoms with van der Waals surface area (Å²) in [4.78, 5) is 4.15. The molecule has 0 radical (unpaired) electrons. The SMILES string of the molecule is CCc1cc(C)nc[n+]1C. The molecule has 0 N–H and O–H groups in total. The minimum absolute atomic E-state index is 1.07. The molecule has 0 saturated carbocycles. The Balaban J connectivity index is 3.09. The molecule has 0 saturated heterocycles. The summed E-state index contributed by atoms with van der Waals surface area (Å²) < 4.78 is 2.05. The summed E-state index contributed by atoms with van der Waals surface area (Å²) in [6.45, 7) is 4.16. The summed E-state index contributed by atoms with van der Waals surface area (Å²) in [5.41, 5.74) is 2.42. The standard InChI is InChI=1S/C8H13N2/c1-4-8-5-7(2)9-6-10(8)3/h5-6H,4H2,1-3H3/q+1. The third-order valence-electron chi connectivity index (χ3n) is 1.63. The molecule has 0 atom stereocenters. The Labute approximate surface area is 61.5 Å². The Morgan fingerprint density at radius 3 is 2.80 bits per heavy atom. The average Bonchev–Trinajstić information content (AvgIpc) is 1.94. The van der Waals surface area contributed by atoms with E-state index in [1.165, 1.54) is 5.69 Å². The van der Waals surface area contributed by atoms with Crippen LogP contribution in [-0.2, 0) is 13.5 Å². The topological polar surface area (TPSA) is 16.8 Å². The highest BCUT2D eigenvalue weighted by atomic mass is 15.0. The van der Waals surface area contributed by atoms with Crippen molar-refractivity contribution in [2.45, 2.75) is 20.3 Å². The first-order valence-corrected chi connectivity index (χ1v) is 3.55. The van der Waals surface area contributed by atoms with Crippen molar-refractivity contribution in [3.63, 3.8) is 0 Å². The van der Waals surface area contributed by atoms with Gasteiger partial charge < -0.3 is 0 Å². The monoisotopic (exact) mass is 137 g/mol. The summed E-state index contributed by atoms with van der Waals surface area (Å²) in [7, 11) is 2.02. The van der Waals surface area contributed by atoms with Gasteiger partial charge in [-0.1, -0.05) is 11.9 Å². The zero-order chi connectivity index (χ0) is 7.56. The van der Waals surface area contributed by atoms with Gasteiger partial charge in [0.25, 0.3) is 6.33 Å². The molecular weight excluding hydrogens is 124 g/mol. The molecule has 0 unspecified atom stereocenters. The van der Waals surface area contributed by atoms with Gasteiger partial charge in [-0.05, 0) is 0 Å². The number of aromatic nitrogens is 2. The largest absolute Gasteiger partial charge is 0.286 e. The molecule has 0 spiro atoms. The number of nitrogens with zero attached hydrogens (tertiary/aromatic N) is 2. The summed E-state index contributed by atoms with van der Waals surface area (Å²) in [6, 6.07) is 2.11. The third-order valence-corrected chi connectivity index (χ3v) is 1.63. The Hall–Kier alpha value is -0.920. The minimum Gasteiger partial charge on any atom is -0.237 e. The van der Waals surface area contributed by atoms with Crippen LogP contribution in [0.15, 0.2) is 12.4 Å². The fourth-order valence-electron chi connectivity index (χ4n) is 0.984. The molecule has 0 aliphatic heterocycles. The first kappa shape index (κ1) is 7.19. The van der Waals surface area contributed by atoms with Gasteiger partial charge in [-0.2, -0.15) is 0 Å². The maximum atomic E-state index is 4.15. The van der Waals surface area contributed by atoms with Gasteiger partial charge in [-0.25, -0.2) is 4.57 Å². The minimum atomic E-state index is 1.07. The van der Waals surface area contributed by atoms with E-state index in [1.54, 1.807) is 0 Å². The Morgan fingerprint density at radius 1 is 1.60 bits per heavy atom. The van der Waals surface area contributed by atoms with Crippen molar-refractivity contribution in [3.8, 4) is 0 Å². The summed E-state index contributed by atoms with van der Waals surface area (Å²) in [6.07, 6.45) is 2.92. The highest BCUT2D eigenvalue weighted by Crippen LogP contribution is 1.93. The fourth-order valence-corrected chi connectivity index (χ4v) is 0.984. The summed E-state index contributed by atoms with van der Waals surface area (Å²) >= 11 is 0. The molecule has 1 rings (SSSR count). The summed E-state index contributed by atoms with van der Waals surface area (Å²) in [5, 5.41) is 0. The predicted molar refractivity (Wildman–Crippen MR) is 39.5 cm³/mol. The number of rotatable bonds is 1. The maximum Gasteiger partial charge on any atom is 0.286 e. The second-order valence-electron chi connectivity index (χ2n) is 2.49. The smallest absolute Gasteiger partial charge is 0.237 e. The molecule has 0 fully saturated rings. The van der Waals surface area contributed by atoms with E-state index in [0.29, 0.717) is 0 Å². The van der Waals surface area contributed by atoms with Crippen LogP contribution in [0, 0.1) is 6.92 Å². The lowest BCUT2D eigenvalue weighted by atomic mass is 10.3. The molecule has 2 heteroatoms. The first-order chi connectivity index (χ1) is 4.74. The van der Waals surface area contributed by atoms with Crippen LogP contribution in [0.1, 0.15) is 18.3 Å². The molecule has 0 bridgehead atoms.